The predicted molar refractivity (Wildman–Crippen MR) is 134 cm³/mol. The van der Waals surface area contributed by atoms with Gasteiger partial charge in [0.05, 0.1) is 12.7 Å². The van der Waals surface area contributed by atoms with Crippen LogP contribution < -0.4 is 16.4 Å². The highest BCUT2D eigenvalue weighted by Crippen LogP contribution is 2.20. The van der Waals surface area contributed by atoms with Gasteiger partial charge in [0.15, 0.2) is 0 Å². The number of benzene rings is 2. The zero-order valence-electron chi connectivity index (χ0n) is 20.4. The number of aliphatic hydroxyl groups is 1. The van der Waals surface area contributed by atoms with Crippen LogP contribution in [0.25, 0.3) is 10.8 Å². The van der Waals surface area contributed by atoms with E-state index in [1.807, 2.05) is 56.3 Å². The maximum absolute atomic E-state index is 13.2. The van der Waals surface area contributed by atoms with Crippen molar-refractivity contribution < 1.29 is 24.2 Å². The second-order valence-corrected chi connectivity index (χ2v) is 9.40. The number of nitrogens with zero attached hydrogens (tertiary/aromatic N) is 1. The topological polar surface area (TPSA) is 134 Å². The number of amides is 3. The third-order valence-electron chi connectivity index (χ3n) is 6.00. The monoisotopic (exact) mass is 484 g/mol. The first-order valence-corrected chi connectivity index (χ1v) is 12.2. The maximum atomic E-state index is 13.2. The van der Waals surface area contributed by atoms with Gasteiger partial charge in [-0.3, -0.25) is 14.5 Å². The fourth-order valence-corrected chi connectivity index (χ4v) is 4.08. The Morgan fingerprint density at radius 3 is 2.63 bits per heavy atom. The van der Waals surface area contributed by atoms with Gasteiger partial charge >= 0.3 is 6.09 Å². The number of ether oxygens (including phenoxy) is 1. The average Bonchev–Trinajstić information content (AvgIpc) is 3.35. The molecule has 0 aliphatic carbocycles. The zero-order valence-corrected chi connectivity index (χ0v) is 20.4. The summed E-state index contributed by atoms with van der Waals surface area (Å²) < 4.78 is 5.32. The molecular formula is C26H36N4O5. The van der Waals surface area contributed by atoms with Crippen LogP contribution in [-0.2, 0) is 20.7 Å². The predicted octanol–water partition coefficient (Wildman–Crippen LogP) is 1.56. The maximum Gasteiger partial charge on any atom is 0.410 e. The van der Waals surface area contributed by atoms with Crippen LogP contribution in [0.5, 0.6) is 0 Å². The van der Waals surface area contributed by atoms with Gasteiger partial charge in [-0.25, -0.2) is 4.79 Å². The van der Waals surface area contributed by atoms with Crippen molar-refractivity contribution in [2.75, 3.05) is 26.2 Å². The van der Waals surface area contributed by atoms with Crippen LogP contribution in [-0.4, -0.2) is 72.3 Å². The number of aliphatic hydroxyl groups excluding tert-OH is 1. The fourth-order valence-electron chi connectivity index (χ4n) is 4.08. The molecule has 9 nitrogen and oxygen atoms in total. The molecule has 2 aromatic rings. The van der Waals surface area contributed by atoms with Crippen LogP contribution in [0.3, 0.4) is 0 Å². The van der Waals surface area contributed by atoms with E-state index in [0.717, 1.165) is 16.3 Å². The molecule has 1 aliphatic rings. The number of likely N-dealkylation sites (tertiary alicyclic amines) is 1. The Kier molecular flexibility index (Phi) is 9.45. The van der Waals surface area contributed by atoms with Crippen molar-refractivity contribution in [1.29, 1.82) is 0 Å². The molecule has 3 amide bonds. The highest BCUT2D eigenvalue weighted by Gasteiger charge is 2.37. The van der Waals surface area contributed by atoms with Crippen LogP contribution in [0.2, 0.25) is 0 Å². The SMILES string of the molecule is CC(C)COC(=O)N1CCCC1C(=O)NC(Cc1ccc2ccccc2c1)C(=O)NCC(O)CN. The molecule has 0 spiro atoms. The molecule has 0 aromatic heterocycles. The average molecular weight is 485 g/mol. The number of carbonyl (C=O) groups excluding carboxylic acids is 3. The number of hydrogen-bond donors (Lipinski definition) is 4. The molecule has 2 aromatic carbocycles. The van der Waals surface area contributed by atoms with E-state index in [1.54, 1.807) is 0 Å². The lowest BCUT2D eigenvalue weighted by molar-refractivity contribution is -0.131. The van der Waals surface area contributed by atoms with Crippen LogP contribution >= 0.6 is 0 Å². The Labute approximate surface area is 206 Å². The van der Waals surface area contributed by atoms with Gasteiger partial charge in [0.2, 0.25) is 11.8 Å². The van der Waals surface area contributed by atoms with E-state index >= 15 is 0 Å². The van der Waals surface area contributed by atoms with Gasteiger partial charge in [-0.1, -0.05) is 56.3 Å². The molecule has 3 unspecified atom stereocenters. The summed E-state index contributed by atoms with van der Waals surface area (Å²) in [5, 5.41) is 17.4. The van der Waals surface area contributed by atoms with E-state index < -0.39 is 36.1 Å². The summed E-state index contributed by atoms with van der Waals surface area (Å²) in [5.41, 5.74) is 6.32. The van der Waals surface area contributed by atoms with Gasteiger partial charge < -0.3 is 26.2 Å². The summed E-state index contributed by atoms with van der Waals surface area (Å²) in [6.45, 7) is 4.59. The van der Waals surface area contributed by atoms with Crippen molar-refractivity contribution in [3.05, 3.63) is 48.0 Å². The zero-order chi connectivity index (χ0) is 25.4. The van der Waals surface area contributed by atoms with Crippen LogP contribution in [0.4, 0.5) is 4.79 Å². The Balaban J connectivity index is 1.74. The van der Waals surface area contributed by atoms with Gasteiger partial charge in [0.25, 0.3) is 0 Å². The number of rotatable bonds is 10. The van der Waals surface area contributed by atoms with Gasteiger partial charge in [-0.15, -0.1) is 0 Å². The normalized spacial score (nSPS) is 17.3. The molecule has 1 aliphatic heterocycles. The number of carbonyl (C=O) groups is 3. The molecule has 3 rings (SSSR count). The summed E-state index contributed by atoms with van der Waals surface area (Å²) in [7, 11) is 0. The Morgan fingerprint density at radius 2 is 1.91 bits per heavy atom. The van der Waals surface area contributed by atoms with Gasteiger partial charge in [0.1, 0.15) is 12.1 Å². The first-order valence-electron chi connectivity index (χ1n) is 12.2. The van der Waals surface area contributed by atoms with Crippen molar-refractivity contribution in [3.8, 4) is 0 Å². The highest BCUT2D eigenvalue weighted by molar-refractivity contribution is 5.92. The van der Waals surface area contributed by atoms with Crippen LogP contribution in [0.15, 0.2) is 42.5 Å². The molecule has 0 saturated carbocycles. The molecule has 3 atom stereocenters. The Hall–Kier alpha value is -3.17. The smallest absolute Gasteiger partial charge is 0.410 e. The molecule has 9 heteroatoms. The standard InChI is InChI=1S/C26H36N4O5/c1-17(2)16-35-26(34)30-11-5-8-23(30)25(33)29-22(24(32)28-15-21(31)14-27)13-18-9-10-19-6-3-4-7-20(19)12-18/h3-4,6-7,9-10,12,17,21-23,31H,5,8,11,13-16,27H2,1-2H3,(H,28,32)(H,29,33). The van der Waals surface area contributed by atoms with Gasteiger partial charge in [-0.05, 0) is 35.1 Å². The summed E-state index contributed by atoms with van der Waals surface area (Å²) in [6.07, 6.45) is 0.0405. The third kappa shape index (κ3) is 7.40. The lowest BCUT2D eigenvalue weighted by Crippen LogP contribution is -2.54. The minimum atomic E-state index is -0.886. The molecule has 1 saturated heterocycles. The second kappa shape index (κ2) is 12.5. The Bertz CT molecular complexity index is 1030. The molecular weight excluding hydrogens is 448 g/mol. The largest absolute Gasteiger partial charge is 0.449 e. The van der Waals surface area contributed by atoms with Crippen molar-refractivity contribution in [2.45, 2.75) is 51.3 Å². The molecule has 0 radical (unpaired) electrons. The van der Waals surface area contributed by atoms with Crippen molar-refractivity contribution in [2.24, 2.45) is 11.7 Å². The van der Waals surface area contributed by atoms with Gasteiger partial charge in [-0.2, -0.15) is 0 Å². The number of hydrogen-bond acceptors (Lipinski definition) is 6. The van der Waals surface area contributed by atoms with Crippen molar-refractivity contribution >= 4 is 28.7 Å². The van der Waals surface area contributed by atoms with E-state index in [-0.39, 0.29) is 32.0 Å². The minimum Gasteiger partial charge on any atom is -0.449 e. The number of fused-ring (bicyclic) bond motifs is 1. The highest BCUT2D eigenvalue weighted by atomic mass is 16.6. The molecule has 35 heavy (non-hydrogen) atoms. The number of nitrogens with one attached hydrogen (secondary N) is 2. The van der Waals surface area contributed by atoms with Crippen molar-refractivity contribution in [1.82, 2.24) is 15.5 Å². The fraction of sp³-hybridized carbons (Fsp3) is 0.500. The van der Waals surface area contributed by atoms with Crippen LogP contribution in [0.1, 0.15) is 32.3 Å². The minimum absolute atomic E-state index is 0.0114. The lowest BCUT2D eigenvalue weighted by Gasteiger charge is -2.26. The van der Waals surface area contributed by atoms with E-state index in [1.165, 1.54) is 4.90 Å². The molecule has 1 heterocycles. The molecule has 190 valence electrons. The summed E-state index contributed by atoms with van der Waals surface area (Å²) in [6, 6.07) is 12.2. The third-order valence-corrected chi connectivity index (χ3v) is 6.00. The van der Waals surface area contributed by atoms with Crippen molar-refractivity contribution in [3.63, 3.8) is 0 Å². The Morgan fingerprint density at radius 1 is 1.17 bits per heavy atom. The molecule has 1 fully saturated rings. The second-order valence-electron chi connectivity index (χ2n) is 9.40. The van der Waals surface area contributed by atoms with Crippen LogP contribution in [0, 0.1) is 5.92 Å². The molecule has 0 bridgehead atoms. The summed E-state index contributed by atoms with van der Waals surface area (Å²) >= 11 is 0. The van der Waals surface area contributed by atoms with E-state index in [2.05, 4.69) is 10.6 Å². The first-order chi connectivity index (χ1) is 16.8. The molecule has 5 N–H and O–H groups in total. The van der Waals surface area contributed by atoms with E-state index in [0.29, 0.717) is 19.4 Å². The van der Waals surface area contributed by atoms with E-state index in [4.69, 9.17) is 10.5 Å². The van der Waals surface area contributed by atoms with Gasteiger partial charge in [0, 0.05) is 26.1 Å². The number of nitrogens with two attached hydrogens (primary N) is 1. The summed E-state index contributed by atoms with van der Waals surface area (Å²) in [5.74, 6) is -0.636. The lowest BCUT2D eigenvalue weighted by atomic mass is 10.0. The quantitative estimate of drug-likeness (QED) is 0.404. The summed E-state index contributed by atoms with van der Waals surface area (Å²) in [4.78, 5) is 40.1. The van der Waals surface area contributed by atoms with E-state index in [9.17, 15) is 19.5 Å². The first kappa shape index (κ1) is 26.4.